The van der Waals surface area contributed by atoms with E-state index in [9.17, 15) is 9.90 Å². The van der Waals surface area contributed by atoms with E-state index in [1.165, 1.54) is 0 Å². The van der Waals surface area contributed by atoms with Crippen LogP contribution in [0.2, 0.25) is 5.02 Å². The van der Waals surface area contributed by atoms with Gasteiger partial charge in [0.2, 0.25) is 0 Å². The number of halogens is 1. The van der Waals surface area contributed by atoms with E-state index >= 15 is 0 Å². The molecule has 5 nitrogen and oxygen atoms in total. The van der Waals surface area contributed by atoms with E-state index in [1.54, 1.807) is 12.1 Å². The number of ether oxygens (including phenoxy) is 1. The van der Waals surface area contributed by atoms with E-state index in [0.29, 0.717) is 36.0 Å². The molecule has 1 atom stereocenters. The molecule has 3 rings (SSSR count). The second kappa shape index (κ2) is 9.03. The standard InChI is InChI=1S/C20H23ClN2O3/c21-18-8-4-5-9-19(18)26-15-17(24)14-22-10-12-23(13-11-22)20(25)16-6-2-1-3-7-16/h1-9,17,24H,10-15H2. The van der Waals surface area contributed by atoms with Crippen molar-refractivity contribution >= 4 is 17.5 Å². The van der Waals surface area contributed by atoms with Gasteiger partial charge < -0.3 is 14.7 Å². The molecule has 0 aromatic heterocycles. The van der Waals surface area contributed by atoms with Crippen molar-refractivity contribution in [3.8, 4) is 5.75 Å². The van der Waals surface area contributed by atoms with Crippen LogP contribution in [0.15, 0.2) is 54.6 Å². The molecule has 138 valence electrons. The Morgan fingerprint density at radius 1 is 1.04 bits per heavy atom. The summed E-state index contributed by atoms with van der Waals surface area (Å²) in [5.41, 5.74) is 0.717. The smallest absolute Gasteiger partial charge is 0.253 e. The van der Waals surface area contributed by atoms with Crippen molar-refractivity contribution in [2.45, 2.75) is 6.10 Å². The van der Waals surface area contributed by atoms with Gasteiger partial charge in [0.15, 0.2) is 0 Å². The molecular formula is C20H23ClN2O3. The van der Waals surface area contributed by atoms with Gasteiger partial charge in [0.05, 0.1) is 5.02 Å². The van der Waals surface area contributed by atoms with Crippen molar-refractivity contribution in [1.29, 1.82) is 0 Å². The summed E-state index contributed by atoms with van der Waals surface area (Å²) in [5, 5.41) is 10.8. The van der Waals surface area contributed by atoms with E-state index in [2.05, 4.69) is 4.90 Å². The summed E-state index contributed by atoms with van der Waals surface area (Å²) < 4.78 is 5.58. The van der Waals surface area contributed by atoms with Crippen molar-refractivity contribution in [3.05, 3.63) is 65.2 Å². The first-order chi connectivity index (χ1) is 12.6. The summed E-state index contributed by atoms with van der Waals surface area (Å²) in [6.07, 6.45) is -0.609. The zero-order chi connectivity index (χ0) is 18.4. The maximum Gasteiger partial charge on any atom is 0.253 e. The van der Waals surface area contributed by atoms with Crippen molar-refractivity contribution < 1.29 is 14.6 Å². The van der Waals surface area contributed by atoms with Crippen molar-refractivity contribution in [1.82, 2.24) is 9.80 Å². The summed E-state index contributed by atoms with van der Waals surface area (Å²) in [6, 6.07) is 16.5. The third kappa shape index (κ3) is 4.97. The zero-order valence-electron chi connectivity index (χ0n) is 14.6. The highest BCUT2D eigenvalue weighted by molar-refractivity contribution is 6.32. The summed E-state index contributed by atoms with van der Waals surface area (Å²) in [5.74, 6) is 0.638. The Kier molecular flexibility index (Phi) is 6.50. The predicted octanol–water partition coefficient (Wildman–Crippen LogP) is 2.54. The fourth-order valence-electron chi connectivity index (χ4n) is 3.00. The van der Waals surface area contributed by atoms with E-state index in [0.717, 1.165) is 13.1 Å². The average molecular weight is 375 g/mol. The van der Waals surface area contributed by atoms with Crippen LogP contribution in [0.5, 0.6) is 5.75 Å². The lowest BCUT2D eigenvalue weighted by Gasteiger charge is -2.35. The average Bonchev–Trinajstić information content (AvgIpc) is 2.68. The topological polar surface area (TPSA) is 53.0 Å². The van der Waals surface area contributed by atoms with Crippen LogP contribution in [0.1, 0.15) is 10.4 Å². The quantitative estimate of drug-likeness (QED) is 0.844. The van der Waals surface area contributed by atoms with E-state index in [-0.39, 0.29) is 12.5 Å². The number of benzene rings is 2. The van der Waals surface area contributed by atoms with Gasteiger partial charge in [0.1, 0.15) is 18.5 Å². The number of rotatable bonds is 6. The molecule has 1 amide bonds. The lowest BCUT2D eigenvalue weighted by atomic mass is 10.2. The molecule has 0 spiro atoms. The fraction of sp³-hybridized carbons (Fsp3) is 0.350. The summed E-state index contributed by atoms with van der Waals surface area (Å²) in [4.78, 5) is 16.5. The number of aliphatic hydroxyl groups excluding tert-OH is 1. The summed E-state index contributed by atoms with van der Waals surface area (Å²) in [7, 11) is 0. The van der Waals surface area contributed by atoms with Crippen LogP contribution in [0, 0.1) is 0 Å². The third-order valence-corrected chi connectivity index (χ3v) is 4.73. The molecule has 1 aliphatic rings. The Balaban J connectivity index is 1.42. The Morgan fingerprint density at radius 3 is 2.38 bits per heavy atom. The fourth-order valence-corrected chi connectivity index (χ4v) is 3.19. The van der Waals surface area contributed by atoms with Gasteiger partial charge in [-0.25, -0.2) is 0 Å². The van der Waals surface area contributed by atoms with Gasteiger partial charge in [-0.3, -0.25) is 9.69 Å². The van der Waals surface area contributed by atoms with Crippen LogP contribution >= 0.6 is 11.6 Å². The minimum absolute atomic E-state index is 0.0628. The zero-order valence-corrected chi connectivity index (χ0v) is 15.3. The van der Waals surface area contributed by atoms with Crippen molar-refractivity contribution in [2.75, 3.05) is 39.3 Å². The number of aliphatic hydroxyl groups is 1. The van der Waals surface area contributed by atoms with Crippen LogP contribution in [0.25, 0.3) is 0 Å². The molecule has 6 heteroatoms. The summed E-state index contributed by atoms with van der Waals surface area (Å²) in [6.45, 7) is 3.49. The van der Waals surface area contributed by atoms with Crippen molar-refractivity contribution in [3.63, 3.8) is 0 Å². The van der Waals surface area contributed by atoms with Gasteiger partial charge in [-0.2, -0.15) is 0 Å². The van der Waals surface area contributed by atoms with Gasteiger partial charge >= 0.3 is 0 Å². The Morgan fingerprint density at radius 2 is 1.69 bits per heavy atom. The lowest BCUT2D eigenvalue weighted by molar-refractivity contribution is 0.0404. The van der Waals surface area contributed by atoms with Gasteiger partial charge in [-0.1, -0.05) is 41.9 Å². The van der Waals surface area contributed by atoms with Crippen LogP contribution in [-0.2, 0) is 0 Å². The largest absolute Gasteiger partial charge is 0.489 e. The van der Waals surface area contributed by atoms with Gasteiger partial charge in [-0.15, -0.1) is 0 Å². The minimum atomic E-state index is -0.609. The maximum absolute atomic E-state index is 12.4. The van der Waals surface area contributed by atoms with Gasteiger partial charge in [0.25, 0.3) is 5.91 Å². The SMILES string of the molecule is O=C(c1ccccc1)N1CCN(CC(O)COc2ccccc2Cl)CC1. The monoisotopic (exact) mass is 374 g/mol. The molecule has 1 saturated heterocycles. The van der Waals surface area contributed by atoms with Crippen LogP contribution < -0.4 is 4.74 Å². The second-order valence-corrected chi connectivity index (χ2v) is 6.76. The molecule has 2 aromatic rings. The number of amides is 1. The lowest BCUT2D eigenvalue weighted by Crippen LogP contribution is -2.50. The minimum Gasteiger partial charge on any atom is -0.489 e. The number of β-amino-alcohol motifs (C(OH)–C–C–N with tert-alkyl or cyclic N) is 1. The molecule has 2 aromatic carbocycles. The van der Waals surface area contributed by atoms with Crippen molar-refractivity contribution in [2.24, 2.45) is 0 Å². The number of hydrogen-bond donors (Lipinski definition) is 1. The molecule has 0 saturated carbocycles. The normalized spacial score (nSPS) is 16.3. The molecule has 0 radical (unpaired) electrons. The molecule has 1 aliphatic heterocycles. The second-order valence-electron chi connectivity index (χ2n) is 6.35. The number of carbonyl (C=O) groups excluding carboxylic acids is 1. The Hall–Kier alpha value is -2.08. The number of carbonyl (C=O) groups is 1. The first-order valence-electron chi connectivity index (χ1n) is 8.75. The molecule has 1 fully saturated rings. The predicted molar refractivity (Wildman–Crippen MR) is 102 cm³/mol. The van der Waals surface area contributed by atoms with Gasteiger partial charge in [-0.05, 0) is 24.3 Å². The highest BCUT2D eigenvalue weighted by atomic mass is 35.5. The molecule has 26 heavy (non-hydrogen) atoms. The van der Waals surface area contributed by atoms with Crippen LogP contribution in [0.3, 0.4) is 0 Å². The molecule has 0 bridgehead atoms. The number of piperazine rings is 1. The van der Waals surface area contributed by atoms with Gasteiger partial charge in [0, 0.05) is 38.3 Å². The molecule has 1 unspecified atom stereocenters. The van der Waals surface area contributed by atoms with Crippen LogP contribution in [-0.4, -0.2) is 66.2 Å². The van der Waals surface area contributed by atoms with E-state index < -0.39 is 6.10 Å². The Labute approximate surface area is 158 Å². The van der Waals surface area contributed by atoms with E-state index in [4.69, 9.17) is 16.3 Å². The molecule has 0 aliphatic carbocycles. The first-order valence-corrected chi connectivity index (χ1v) is 9.13. The first kappa shape index (κ1) is 18.7. The maximum atomic E-state index is 12.4. The van der Waals surface area contributed by atoms with Crippen LogP contribution in [0.4, 0.5) is 0 Å². The highest BCUT2D eigenvalue weighted by Crippen LogP contribution is 2.23. The molecule has 1 heterocycles. The Bertz CT molecular complexity index is 718. The third-order valence-electron chi connectivity index (χ3n) is 4.42. The molecular weight excluding hydrogens is 352 g/mol. The number of nitrogens with zero attached hydrogens (tertiary/aromatic N) is 2. The van der Waals surface area contributed by atoms with E-state index in [1.807, 2.05) is 47.4 Å². The summed E-state index contributed by atoms with van der Waals surface area (Å²) >= 11 is 6.04. The number of para-hydroxylation sites is 1. The number of hydrogen-bond acceptors (Lipinski definition) is 4. The molecule has 1 N–H and O–H groups in total. The highest BCUT2D eigenvalue weighted by Gasteiger charge is 2.23.